The highest BCUT2D eigenvalue weighted by molar-refractivity contribution is 7.89. The van der Waals surface area contributed by atoms with E-state index in [9.17, 15) is 18.0 Å². The summed E-state index contributed by atoms with van der Waals surface area (Å²) in [7, 11) is -4.09. The number of hydrogen-bond acceptors (Lipinski definition) is 4. The Labute approximate surface area is 159 Å². The minimum absolute atomic E-state index is 0.00730. The van der Waals surface area contributed by atoms with Crippen LogP contribution in [0.25, 0.3) is 0 Å². The molecule has 0 spiro atoms. The van der Waals surface area contributed by atoms with Crippen molar-refractivity contribution in [1.29, 1.82) is 0 Å². The van der Waals surface area contributed by atoms with Gasteiger partial charge >= 0.3 is 0 Å². The van der Waals surface area contributed by atoms with E-state index in [1.54, 1.807) is 12.1 Å². The molecule has 1 saturated heterocycles. The third-order valence-electron chi connectivity index (χ3n) is 4.69. The van der Waals surface area contributed by atoms with Gasteiger partial charge < -0.3 is 5.32 Å². The lowest BCUT2D eigenvalue weighted by molar-refractivity contribution is -0.128. The maximum atomic E-state index is 13.0. The molecule has 3 rings (SSSR count). The topological polar surface area (TPSA) is 83.6 Å². The van der Waals surface area contributed by atoms with E-state index in [0.717, 1.165) is 21.0 Å². The number of amides is 2. The summed E-state index contributed by atoms with van der Waals surface area (Å²) in [6, 6.07) is 10.8. The second-order valence-electron chi connectivity index (χ2n) is 6.87. The molecule has 1 heterocycles. The Morgan fingerprint density at radius 1 is 1.04 bits per heavy atom. The van der Waals surface area contributed by atoms with Crippen LogP contribution in [-0.4, -0.2) is 30.6 Å². The van der Waals surface area contributed by atoms with Gasteiger partial charge in [-0.2, -0.15) is 0 Å². The van der Waals surface area contributed by atoms with Crippen LogP contribution in [0.5, 0.6) is 0 Å². The summed E-state index contributed by atoms with van der Waals surface area (Å²) in [5.74, 6) is -1.05. The fourth-order valence-electron chi connectivity index (χ4n) is 3.11. The molecule has 1 aliphatic rings. The van der Waals surface area contributed by atoms with E-state index in [-0.39, 0.29) is 17.7 Å². The number of aryl methyl sites for hydroxylation is 3. The van der Waals surface area contributed by atoms with Crippen LogP contribution in [-0.2, 0) is 19.6 Å². The third-order valence-corrected chi connectivity index (χ3v) is 6.54. The molecule has 0 bridgehead atoms. The normalized spacial score (nSPS) is 17.2. The summed E-state index contributed by atoms with van der Waals surface area (Å²) in [5, 5.41) is 2.78. The quantitative estimate of drug-likeness (QED) is 0.876. The van der Waals surface area contributed by atoms with E-state index < -0.39 is 27.9 Å². The van der Waals surface area contributed by atoms with Gasteiger partial charge in [-0.15, -0.1) is 0 Å². The van der Waals surface area contributed by atoms with Gasteiger partial charge in [0.2, 0.25) is 11.8 Å². The smallest absolute Gasteiger partial charge is 0.267 e. The van der Waals surface area contributed by atoms with E-state index in [1.807, 2.05) is 39.0 Å². The number of sulfonamides is 1. The fourth-order valence-corrected chi connectivity index (χ4v) is 4.71. The average Bonchev–Trinajstić information content (AvgIpc) is 3.01. The van der Waals surface area contributed by atoms with Gasteiger partial charge in [0.15, 0.2) is 0 Å². The van der Waals surface area contributed by atoms with Crippen molar-refractivity contribution >= 4 is 27.5 Å². The van der Waals surface area contributed by atoms with Crippen molar-refractivity contribution in [2.45, 2.75) is 44.6 Å². The first-order valence-corrected chi connectivity index (χ1v) is 10.2. The number of hydrogen-bond donors (Lipinski definition) is 1. The van der Waals surface area contributed by atoms with Crippen LogP contribution in [0, 0.1) is 20.8 Å². The second-order valence-corrected chi connectivity index (χ2v) is 8.68. The average molecular weight is 386 g/mol. The van der Waals surface area contributed by atoms with Gasteiger partial charge in [-0.1, -0.05) is 29.8 Å². The number of carbonyl (C=O) groups is 2. The van der Waals surface area contributed by atoms with Gasteiger partial charge in [0, 0.05) is 12.1 Å². The van der Waals surface area contributed by atoms with Crippen molar-refractivity contribution in [2.24, 2.45) is 0 Å². The molecule has 0 aromatic heterocycles. The first kappa shape index (κ1) is 19.1. The molecular formula is C20H22N2O4S. The maximum Gasteiger partial charge on any atom is 0.267 e. The van der Waals surface area contributed by atoms with Gasteiger partial charge in [0.25, 0.3) is 10.0 Å². The first-order chi connectivity index (χ1) is 12.7. The predicted molar refractivity (Wildman–Crippen MR) is 103 cm³/mol. The van der Waals surface area contributed by atoms with Crippen LogP contribution in [0.2, 0.25) is 0 Å². The monoisotopic (exact) mass is 386 g/mol. The molecule has 1 aliphatic heterocycles. The van der Waals surface area contributed by atoms with Gasteiger partial charge in [0.1, 0.15) is 6.04 Å². The van der Waals surface area contributed by atoms with Crippen molar-refractivity contribution in [3.63, 3.8) is 0 Å². The summed E-state index contributed by atoms with van der Waals surface area (Å²) in [4.78, 5) is 25.1. The number of rotatable bonds is 4. The SMILES string of the molecule is Cc1ccc(S(=O)(=O)N2C(=O)CCC2C(=O)Nc2cc(C)ccc2C)cc1. The van der Waals surface area contributed by atoms with Crippen molar-refractivity contribution in [2.75, 3.05) is 5.32 Å². The Morgan fingerprint density at radius 3 is 2.33 bits per heavy atom. The number of carbonyl (C=O) groups excluding carboxylic acids is 2. The van der Waals surface area contributed by atoms with Gasteiger partial charge in [-0.25, -0.2) is 12.7 Å². The van der Waals surface area contributed by atoms with Gasteiger partial charge in [-0.3, -0.25) is 9.59 Å². The van der Waals surface area contributed by atoms with Crippen LogP contribution < -0.4 is 5.32 Å². The lowest BCUT2D eigenvalue weighted by Gasteiger charge is -2.24. The van der Waals surface area contributed by atoms with Gasteiger partial charge in [-0.05, 0) is 56.5 Å². The van der Waals surface area contributed by atoms with Crippen molar-refractivity contribution in [3.05, 3.63) is 59.2 Å². The van der Waals surface area contributed by atoms with E-state index in [4.69, 9.17) is 0 Å². The molecule has 0 saturated carbocycles. The van der Waals surface area contributed by atoms with Crippen LogP contribution in [0.4, 0.5) is 5.69 Å². The number of benzene rings is 2. The Bertz CT molecular complexity index is 997. The largest absolute Gasteiger partial charge is 0.324 e. The number of nitrogens with one attached hydrogen (secondary N) is 1. The fraction of sp³-hybridized carbons (Fsp3) is 0.300. The van der Waals surface area contributed by atoms with E-state index in [2.05, 4.69) is 5.32 Å². The third kappa shape index (κ3) is 3.73. The van der Waals surface area contributed by atoms with Crippen LogP contribution >= 0.6 is 0 Å². The van der Waals surface area contributed by atoms with E-state index in [1.165, 1.54) is 12.1 Å². The zero-order valence-corrected chi connectivity index (χ0v) is 16.3. The highest BCUT2D eigenvalue weighted by Crippen LogP contribution is 2.29. The van der Waals surface area contributed by atoms with Crippen molar-refractivity contribution in [3.8, 4) is 0 Å². The molecule has 6 nitrogen and oxygen atoms in total. The first-order valence-electron chi connectivity index (χ1n) is 8.72. The minimum Gasteiger partial charge on any atom is -0.324 e. The summed E-state index contributed by atoms with van der Waals surface area (Å²) in [6.45, 7) is 5.61. The molecule has 2 amide bonds. The molecule has 1 N–H and O–H groups in total. The molecule has 0 aliphatic carbocycles. The van der Waals surface area contributed by atoms with Crippen molar-refractivity contribution in [1.82, 2.24) is 4.31 Å². The molecule has 7 heteroatoms. The summed E-state index contributed by atoms with van der Waals surface area (Å²) in [5.41, 5.74) is 3.37. The lowest BCUT2D eigenvalue weighted by atomic mass is 10.1. The molecular weight excluding hydrogens is 364 g/mol. The highest BCUT2D eigenvalue weighted by Gasteiger charge is 2.44. The van der Waals surface area contributed by atoms with Crippen molar-refractivity contribution < 1.29 is 18.0 Å². The predicted octanol–water partition coefficient (Wildman–Crippen LogP) is 2.93. The molecule has 1 fully saturated rings. The van der Waals surface area contributed by atoms with E-state index in [0.29, 0.717) is 5.69 Å². The maximum absolute atomic E-state index is 13.0. The molecule has 1 atom stereocenters. The van der Waals surface area contributed by atoms with Crippen LogP contribution in [0.15, 0.2) is 47.4 Å². The van der Waals surface area contributed by atoms with Crippen LogP contribution in [0.1, 0.15) is 29.5 Å². The molecule has 1 unspecified atom stereocenters. The highest BCUT2D eigenvalue weighted by atomic mass is 32.2. The molecule has 2 aromatic carbocycles. The summed E-state index contributed by atoms with van der Waals surface area (Å²) < 4.78 is 26.7. The Hall–Kier alpha value is -2.67. The second kappa shape index (κ2) is 7.15. The summed E-state index contributed by atoms with van der Waals surface area (Å²) in [6.07, 6.45) is 0.191. The summed E-state index contributed by atoms with van der Waals surface area (Å²) >= 11 is 0. The zero-order chi connectivity index (χ0) is 19.8. The molecule has 0 radical (unpaired) electrons. The zero-order valence-electron chi connectivity index (χ0n) is 15.5. The Kier molecular flexibility index (Phi) is 5.06. The van der Waals surface area contributed by atoms with E-state index >= 15 is 0 Å². The Morgan fingerprint density at radius 2 is 1.67 bits per heavy atom. The van der Waals surface area contributed by atoms with Crippen LogP contribution in [0.3, 0.4) is 0 Å². The number of nitrogens with zero attached hydrogens (tertiary/aromatic N) is 1. The lowest BCUT2D eigenvalue weighted by Crippen LogP contribution is -2.45. The molecule has 27 heavy (non-hydrogen) atoms. The van der Waals surface area contributed by atoms with Gasteiger partial charge in [0.05, 0.1) is 4.90 Å². The minimum atomic E-state index is -4.09. The number of anilines is 1. The molecule has 2 aromatic rings. The standard InChI is InChI=1S/C20H22N2O4S/c1-13-5-8-16(9-6-13)27(25,26)22-18(10-11-19(22)23)20(24)21-17-12-14(2)4-7-15(17)3/h4-9,12,18H,10-11H2,1-3H3,(H,21,24). The Balaban J connectivity index is 1.90. The molecule has 142 valence electrons.